The summed E-state index contributed by atoms with van der Waals surface area (Å²) in [6.07, 6.45) is 0.537. The Balaban J connectivity index is 2.11. The minimum Gasteiger partial charge on any atom is -0.316 e. The van der Waals surface area contributed by atoms with Gasteiger partial charge < -0.3 is 10.2 Å². The standard InChI is InChI=1S/C9H19FN2/c1-8(10)6-12(2)7-9-3-4-11-5-9/h8-9,11H,3-7H2,1-2H3. The molecule has 2 nitrogen and oxygen atoms in total. The lowest BCUT2D eigenvalue weighted by Gasteiger charge is -2.20. The molecule has 0 aromatic heterocycles. The van der Waals surface area contributed by atoms with E-state index in [4.69, 9.17) is 0 Å². The second kappa shape index (κ2) is 4.77. The molecular formula is C9H19FN2. The first kappa shape index (κ1) is 9.93. The topological polar surface area (TPSA) is 15.3 Å². The van der Waals surface area contributed by atoms with Crippen LogP contribution >= 0.6 is 0 Å². The number of hydrogen-bond acceptors (Lipinski definition) is 2. The van der Waals surface area contributed by atoms with E-state index in [1.165, 1.54) is 6.42 Å². The van der Waals surface area contributed by atoms with Crippen molar-refractivity contribution in [2.75, 3.05) is 33.2 Å². The molecule has 72 valence electrons. The third kappa shape index (κ3) is 3.50. The second-order valence-electron chi connectivity index (χ2n) is 3.86. The van der Waals surface area contributed by atoms with Crippen molar-refractivity contribution in [2.45, 2.75) is 19.5 Å². The molecule has 1 aliphatic heterocycles. The van der Waals surface area contributed by atoms with E-state index < -0.39 is 6.17 Å². The molecule has 0 aromatic rings. The minimum absolute atomic E-state index is 0.566. The van der Waals surface area contributed by atoms with E-state index >= 15 is 0 Å². The van der Waals surface area contributed by atoms with Crippen molar-refractivity contribution in [2.24, 2.45) is 5.92 Å². The highest BCUT2D eigenvalue weighted by molar-refractivity contribution is 4.74. The van der Waals surface area contributed by atoms with E-state index in [-0.39, 0.29) is 0 Å². The lowest BCUT2D eigenvalue weighted by atomic mass is 10.1. The van der Waals surface area contributed by atoms with Gasteiger partial charge in [0.2, 0.25) is 0 Å². The molecule has 1 rings (SSSR count). The van der Waals surface area contributed by atoms with E-state index in [0.29, 0.717) is 6.54 Å². The van der Waals surface area contributed by atoms with Crippen LogP contribution in [-0.2, 0) is 0 Å². The summed E-state index contributed by atoms with van der Waals surface area (Å²) in [6.45, 7) is 5.44. The van der Waals surface area contributed by atoms with Crippen molar-refractivity contribution < 1.29 is 4.39 Å². The van der Waals surface area contributed by atoms with Gasteiger partial charge in [-0.2, -0.15) is 0 Å². The normalized spacial score (nSPS) is 26.5. The molecule has 2 atom stereocenters. The third-order valence-corrected chi connectivity index (χ3v) is 2.30. The summed E-state index contributed by atoms with van der Waals surface area (Å²) < 4.78 is 12.6. The lowest BCUT2D eigenvalue weighted by Crippen LogP contribution is -2.31. The van der Waals surface area contributed by atoms with Crippen molar-refractivity contribution in [3.05, 3.63) is 0 Å². The monoisotopic (exact) mass is 174 g/mol. The molecule has 1 heterocycles. The van der Waals surface area contributed by atoms with Crippen molar-refractivity contribution in [1.82, 2.24) is 10.2 Å². The van der Waals surface area contributed by atoms with E-state index in [2.05, 4.69) is 10.2 Å². The Kier molecular flexibility index (Phi) is 3.95. The Morgan fingerprint density at radius 3 is 2.92 bits per heavy atom. The first-order valence-corrected chi connectivity index (χ1v) is 4.72. The van der Waals surface area contributed by atoms with Gasteiger partial charge in [0.1, 0.15) is 6.17 Å². The summed E-state index contributed by atoms with van der Waals surface area (Å²) in [5.74, 6) is 0.730. The van der Waals surface area contributed by atoms with E-state index in [1.807, 2.05) is 7.05 Å². The number of nitrogens with zero attached hydrogens (tertiary/aromatic N) is 1. The van der Waals surface area contributed by atoms with Crippen LogP contribution in [0.25, 0.3) is 0 Å². The van der Waals surface area contributed by atoms with Crippen molar-refractivity contribution >= 4 is 0 Å². The van der Waals surface area contributed by atoms with Gasteiger partial charge in [-0.25, -0.2) is 4.39 Å². The molecule has 1 saturated heterocycles. The van der Waals surface area contributed by atoms with Gasteiger partial charge in [0.05, 0.1) is 0 Å². The smallest absolute Gasteiger partial charge is 0.110 e. The molecular weight excluding hydrogens is 155 g/mol. The van der Waals surface area contributed by atoms with Gasteiger partial charge in [0, 0.05) is 13.1 Å². The predicted molar refractivity (Wildman–Crippen MR) is 49.0 cm³/mol. The zero-order valence-electron chi connectivity index (χ0n) is 8.02. The quantitative estimate of drug-likeness (QED) is 0.681. The zero-order valence-corrected chi connectivity index (χ0v) is 8.02. The molecule has 0 aromatic carbocycles. The molecule has 0 aliphatic carbocycles. The average molecular weight is 174 g/mol. The summed E-state index contributed by atoms with van der Waals surface area (Å²) >= 11 is 0. The van der Waals surface area contributed by atoms with Gasteiger partial charge >= 0.3 is 0 Å². The average Bonchev–Trinajstić information content (AvgIpc) is 2.37. The van der Waals surface area contributed by atoms with Crippen LogP contribution in [0.4, 0.5) is 4.39 Å². The fourth-order valence-electron chi connectivity index (χ4n) is 1.82. The Morgan fingerprint density at radius 2 is 2.42 bits per heavy atom. The maximum Gasteiger partial charge on any atom is 0.110 e. The van der Waals surface area contributed by atoms with Crippen LogP contribution in [0.3, 0.4) is 0 Å². The maximum absolute atomic E-state index is 12.6. The van der Waals surface area contributed by atoms with Crippen LogP contribution in [-0.4, -0.2) is 44.3 Å². The zero-order chi connectivity index (χ0) is 8.97. The highest BCUT2D eigenvalue weighted by Gasteiger charge is 2.16. The Morgan fingerprint density at radius 1 is 1.67 bits per heavy atom. The van der Waals surface area contributed by atoms with Gasteiger partial charge in [-0.05, 0) is 39.4 Å². The van der Waals surface area contributed by atoms with Gasteiger partial charge in [-0.1, -0.05) is 0 Å². The number of alkyl halides is 1. The Labute approximate surface area is 74.1 Å². The van der Waals surface area contributed by atoms with Crippen LogP contribution in [0.15, 0.2) is 0 Å². The first-order valence-electron chi connectivity index (χ1n) is 4.72. The van der Waals surface area contributed by atoms with Crippen LogP contribution in [0.1, 0.15) is 13.3 Å². The summed E-state index contributed by atoms with van der Waals surface area (Å²) in [6, 6.07) is 0. The van der Waals surface area contributed by atoms with E-state index in [9.17, 15) is 4.39 Å². The molecule has 0 bridgehead atoms. The number of rotatable bonds is 4. The molecule has 1 fully saturated rings. The van der Waals surface area contributed by atoms with Crippen LogP contribution in [0, 0.1) is 5.92 Å². The summed E-state index contributed by atoms with van der Waals surface area (Å²) in [5.41, 5.74) is 0. The first-order chi connectivity index (χ1) is 5.68. The molecule has 0 saturated carbocycles. The number of halogens is 1. The molecule has 2 unspecified atom stereocenters. The summed E-state index contributed by atoms with van der Waals surface area (Å²) in [5, 5.41) is 3.31. The lowest BCUT2D eigenvalue weighted by molar-refractivity contribution is 0.213. The Bertz CT molecular complexity index is 122. The highest BCUT2D eigenvalue weighted by atomic mass is 19.1. The molecule has 0 spiro atoms. The molecule has 1 aliphatic rings. The number of hydrogen-bond donors (Lipinski definition) is 1. The largest absolute Gasteiger partial charge is 0.316 e. The molecule has 0 amide bonds. The van der Waals surface area contributed by atoms with Gasteiger partial charge in [-0.3, -0.25) is 0 Å². The highest BCUT2D eigenvalue weighted by Crippen LogP contribution is 2.09. The van der Waals surface area contributed by atoms with E-state index in [0.717, 1.165) is 25.6 Å². The predicted octanol–water partition coefficient (Wildman–Crippen LogP) is 0.886. The molecule has 1 N–H and O–H groups in total. The van der Waals surface area contributed by atoms with Crippen LogP contribution in [0.5, 0.6) is 0 Å². The summed E-state index contributed by atoms with van der Waals surface area (Å²) in [4.78, 5) is 2.09. The second-order valence-corrected chi connectivity index (χ2v) is 3.86. The minimum atomic E-state index is -0.704. The van der Waals surface area contributed by atoms with Gasteiger partial charge in [0.25, 0.3) is 0 Å². The van der Waals surface area contributed by atoms with Crippen molar-refractivity contribution in [3.63, 3.8) is 0 Å². The van der Waals surface area contributed by atoms with Crippen molar-refractivity contribution in [1.29, 1.82) is 0 Å². The van der Waals surface area contributed by atoms with Crippen molar-refractivity contribution in [3.8, 4) is 0 Å². The maximum atomic E-state index is 12.6. The molecule has 12 heavy (non-hydrogen) atoms. The Hall–Kier alpha value is -0.150. The molecule has 0 radical (unpaired) electrons. The third-order valence-electron chi connectivity index (χ3n) is 2.30. The fraction of sp³-hybridized carbons (Fsp3) is 1.00. The van der Waals surface area contributed by atoms with Gasteiger partial charge in [0.15, 0.2) is 0 Å². The number of nitrogens with one attached hydrogen (secondary N) is 1. The summed E-state index contributed by atoms with van der Waals surface area (Å²) in [7, 11) is 1.99. The molecule has 3 heteroatoms. The van der Waals surface area contributed by atoms with Crippen LogP contribution in [0.2, 0.25) is 0 Å². The fourth-order valence-corrected chi connectivity index (χ4v) is 1.82. The van der Waals surface area contributed by atoms with E-state index in [1.54, 1.807) is 6.92 Å². The van der Waals surface area contributed by atoms with Gasteiger partial charge in [-0.15, -0.1) is 0 Å². The SMILES string of the molecule is CC(F)CN(C)CC1CCNC1. The van der Waals surface area contributed by atoms with Crippen LogP contribution < -0.4 is 5.32 Å².